The highest BCUT2D eigenvalue weighted by atomic mass is 19.2. The molecule has 0 aliphatic carbocycles. The van der Waals surface area contributed by atoms with Crippen molar-refractivity contribution in [1.82, 2.24) is 0 Å². The van der Waals surface area contributed by atoms with Crippen LogP contribution in [0.15, 0.2) is 42.5 Å². The minimum Gasteiger partial charge on any atom is -0.454 e. The summed E-state index contributed by atoms with van der Waals surface area (Å²) in [5.41, 5.74) is 0.369. The second-order valence-electron chi connectivity index (χ2n) is 4.21. The molecule has 0 spiro atoms. The predicted molar refractivity (Wildman–Crippen MR) is 66.6 cm³/mol. The number of carbonyl (C=O) groups excluding carboxylic acids is 1. The maximum Gasteiger partial charge on any atom is 0.338 e. The second-order valence-corrected chi connectivity index (χ2v) is 4.21. The van der Waals surface area contributed by atoms with Gasteiger partial charge in [-0.1, -0.05) is 30.3 Å². The van der Waals surface area contributed by atoms with E-state index in [4.69, 9.17) is 4.74 Å². The van der Waals surface area contributed by atoms with Crippen molar-refractivity contribution in [3.05, 3.63) is 71.0 Å². The summed E-state index contributed by atoms with van der Waals surface area (Å²) in [5.74, 6) is -5.38. The minimum atomic E-state index is -1.61. The Morgan fingerprint density at radius 1 is 1.05 bits per heavy atom. The van der Waals surface area contributed by atoms with Gasteiger partial charge in [0.05, 0.1) is 5.56 Å². The van der Waals surface area contributed by atoms with Crippen LogP contribution in [0.25, 0.3) is 0 Å². The summed E-state index contributed by atoms with van der Waals surface area (Å²) in [7, 11) is 0. The molecule has 0 saturated carbocycles. The number of rotatable bonds is 3. The van der Waals surface area contributed by atoms with Crippen molar-refractivity contribution >= 4 is 5.97 Å². The Kier molecular flexibility index (Phi) is 4.08. The Labute approximate surface area is 113 Å². The van der Waals surface area contributed by atoms with Gasteiger partial charge in [0.2, 0.25) is 0 Å². The van der Waals surface area contributed by atoms with Crippen molar-refractivity contribution in [3.63, 3.8) is 0 Å². The molecule has 1 unspecified atom stereocenters. The lowest BCUT2D eigenvalue weighted by atomic mass is 10.1. The summed E-state index contributed by atoms with van der Waals surface area (Å²) in [6.45, 7) is 1.63. The summed E-state index contributed by atoms with van der Waals surface area (Å²) in [4.78, 5) is 11.8. The Balaban J connectivity index is 2.17. The average Bonchev–Trinajstić information content (AvgIpc) is 2.45. The van der Waals surface area contributed by atoms with E-state index in [2.05, 4.69) is 0 Å². The Bertz CT molecular complexity index is 603. The van der Waals surface area contributed by atoms with E-state index in [9.17, 15) is 18.0 Å². The number of esters is 1. The summed E-state index contributed by atoms with van der Waals surface area (Å²) in [6.07, 6.45) is -0.583. The number of hydrogen-bond acceptors (Lipinski definition) is 2. The van der Waals surface area contributed by atoms with Gasteiger partial charge in [0.25, 0.3) is 0 Å². The minimum absolute atomic E-state index is 0.371. The Morgan fingerprint density at radius 2 is 1.60 bits per heavy atom. The first kappa shape index (κ1) is 14.1. The van der Waals surface area contributed by atoms with Gasteiger partial charge < -0.3 is 4.74 Å². The van der Waals surface area contributed by atoms with Gasteiger partial charge in [-0.05, 0) is 24.6 Å². The number of ether oxygens (including phenoxy) is 1. The molecule has 0 aromatic heterocycles. The zero-order valence-corrected chi connectivity index (χ0v) is 10.6. The van der Waals surface area contributed by atoms with Gasteiger partial charge in [0.1, 0.15) is 6.10 Å². The lowest BCUT2D eigenvalue weighted by molar-refractivity contribution is 0.0336. The number of benzene rings is 2. The van der Waals surface area contributed by atoms with Crippen molar-refractivity contribution < 1.29 is 22.7 Å². The zero-order chi connectivity index (χ0) is 14.7. The molecule has 0 fully saturated rings. The molecule has 2 aromatic carbocycles. The fraction of sp³-hybridized carbons (Fsp3) is 0.133. The van der Waals surface area contributed by atoms with Crippen LogP contribution in [0.3, 0.4) is 0 Å². The predicted octanol–water partition coefficient (Wildman–Crippen LogP) is 4.02. The first-order chi connectivity index (χ1) is 9.49. The second kappa shape index (κ2) is 5.77. The van der Waals surface area contributed by atoms with E-state index in [1.165, 1.54) is 0 Å². The fourth-order valence-corrected chi connectivity index (χ4v) is 1.69. The monoisotopic (exact) mass is 280 g/mol. The van der Waals surface area contributed by atoms with Crippen LogP contribution in [0.2, 0.25) is 0 Å². The summed E-state index contributed by atoms with van der Waals surface area (Å²) in [5, 5.41) is 0. The highest BCUT2D eigenvalue weighted by Gasteiger charge is 2.18. The van der Waals surface area contributed by atoms with Crippen LogP contribution in [-0.2, 0) is 4.74 Å². The molecule has 1 atom stereocenters. The molecular formula is C15H11F3O2. The molecule has 0 N–H and O–H groups in total. The van der Waals surface area contributed by atoms with E-state index < -0.39 is 29.5 Å². The molecule has 20 heavy (non-hydrogen) atoms. The molecule has 2 aromatic rings. The van der Waals surface area contributed by atoms with E-state index in [1.807, 2.05) is 6.07 Å². The maximum absolute atomic E-state index is 13.0. The Morgan fingerprint density at radius 3 is 2.15 bits per heavy atom. The van der Waals surface area contributed by atoms with E-state index in [0.29, 0.717) is 12.1 Å². The molecule has 0 bridgehead atoms. The summed E-state index contributed by atoms with van der Waals surface area (Å²) >= 11 is 0. The average molecular weight is 280 g/mol. The lowest BCUT2D eigenvalue weighted by Gasteiger charge is -2.13. The van der Waals surface area contributed by atoms with E-state index in [-0.39, 0.29) is 5.56 Å². The van der Waals surface area contributed by atoms with Crippen molar-refractivity contribution in [2.45, 2.75) is 13.0 Å². The van der Waals surface area contributed by atoms with Gasteiger partial charge >= 0.3 is 5.97 Å². The van der Waals surface area contributed by atoms with Gasteiger partial charge in [-0.3, -0.25) is 0 Å². The maximum atomic E-state index is 13.0. The molecule has 0 amide bonds. The van der Waals surface area contributed by atoms with Crippen LogP contribution in [0.1, 0.15) is 28.9 Å². The first-order valence-electron chi connectivity index (χ1n) is 5.89. The van der Waals surface area contributed by atoms with Crippen molar-refractivity contribution in [3.8, 4) is 0 Å². The topological polar surface area (TPSA) is 26.3 Å². The van der Waals surface area contributed by atoms with Crippen molar-refractivity contribution in [2.24, 2.45) is 0 Å². The molecule has 0 aliphatic heterocycles. The molecule has 104 valence electrons. The number of halogens is 3. The lowest BCUT2D eigenvalue weighted by Crippen LogP contribution is -2.10. The van der Waals surface area contributed by atoms with Crippen molar-refractivity contribution in [2.75, 3.05) is 0 Å². The van der Waals surface area contributed by atoms with Crippen LogP contribution in [0.4, 0.5) is 13.2 Å². The number of hydrogen-bond donors (Lipinski definition) is 0. The SMILES string of the molecule is CC(OC(=O)c1cc(F)c(F)c(F)c1)c1ccccc1. The molecule has 2 nitrogen and oxygen atoms in total. The smallest absolute Gasteiger partial charge is 0.338 e. The van der Waals surface area contributed by atoms with Gasteiger partial charge in [0, 0.05) is 0 Å². The highest BCUT2D eigenvalue weighted by molar-refractivity contribution is 5.89. The fourth-order valence-electron chi connectivity index (χ4n) is 1.69. The first-order valence-corrected chi connectivity index (χ1v) is 5.89. The van der Waals surface area contributed by atoms with Gasteiger partial charge in [0.15, 0.2) is 17.5 Å². The summed E-state index contributed by atoms with van der Waals surface area (Å²) in [6, 6.07) is 10.1. The van der Waals surface area contributed by atoms with Crippen LogP contribution < -0.4 is 0 Å². The number of carbonyl (C=O) groups is 1. The van der Waals surface area contributed by atoms with Crippen LogP contribution in [0, 0.1) is 17.5 Å². The third-order valence-electron chi connectivity index (χ3n) is 2.77. The molecule has 0 saturated heterocycles. The Hall–Kier alpha value is -2.30. The third kappa shape index (κ3) is 2.99. The molecular weight excluding hydrogens is 269 g/mol. The highest BCUT2D eigenvalue weighted by Crippen LogP contribution is 2.20. The standard InChI is InChI=1S/C15H11F3O2/c1-9(10-5-3-2-4-6-10)20-15(19)11-7-12(16)14(18)13(17)8-11/h2-9H,1H3. The van der Waals surface area contributed by atoms with E-state index in [0.717, 1.165) is 5.56 Å². The van der Waals surface area contributed by atoms with Crippen LogP contribution in [0.5, 0.6) is 0 Å². The van der Waals surface area contributed by atoms with E-state index in [1.54, 1.807) is 31.2 Å². The molecule has 0 aliphatic rings. The van der Waals surface area contributed by atoms with Crippen LogP contribution in [-0.4, -0.2) is 5.97 Å². The third-order valence-corrected chi connectivity index (χ3v) is 2.77. The van der Waals surface area contributed by atoms with Gasteiger partial charge in [-0.25, -0.2) is 18.0 Å². The largest absolute Gasteiger partial charge is 0.454 e. The molecule has 2 rings (SSSR count). The van der Waals surface area contributed by atoms with Crippen LogP contribution >= 0.6 is 0 Å². The summed E-state index contributed by atoms with van der Waals surface area (Å²) < 4.78 is 44.0. The van der Waals surface area contributed by atoms with Crippen molar-refractivity contribution in [1.29, 1.82) is 0 Å². The molecule has 0 radical (unpaired) electrons. The normalized spacial score (nSPS) is 12.0. The van der Waals surface area contributed by atoms with Gasteiger partial charge in [-0.15, -0.1) is 0 Å². The molecule has 0 heterocycles. The van der Waals surface area contributed by atoms with Gasteiger partial charge in [-0.2, -0.15) is 0 Å². The zero-order valence-electron chi connectivity index (χ0n) is 10.6. The quantitative estimate of drug-likeness (QED) is 0.627. The van der Waals surface area contributed by atoms with E-state index >= 15 is 0 Å². The molecule has 5 heteroatoms.